The first-order chi connectivity index (χ1) is 9.11. The summed E-state index contributed by atoms with van der Waals surface area (Å²) in [5.74, 6) is 2.71. The highest BCUT2D eigenvalue weighted by Gasteiger charge is 2.34. The molecular weight excluding hydrogens is 258 g/mol. The van der Waals surface area contributed by atoms with Crippen LogP contribution >= 0.6 is 0 Å². The minimum atomic E-state index is -2.73. The van der Waals surface area contributed by atoms with Gasteiger partial charge in [-0.1, -0.05) is 32.6 Å². The SMILES string of the molecule is CCCNCC(CC1CCCC1)C1CCS(=O)(=O)C1. The van der Waals surface area contributed by atoms with Crippen LogP contribution in [0.25, 0.3) is 0 Å². The third-order valence-electron chi connectivity index (χ3n) is 4.88. The van der Waals surface area contributed by atoms with Gasteiger partial charge in [0.25, 0.3) is 0 Å². The lowest BCUT2D eigenvalue weighted by Crippen LogP contribution is -2.31. The first kappa shape index (κ1) is 15.3. The summed E-state index contributed by atoms with van der Waals surface area (Å²) < 4.78 is 23.4. The van der Waals surface area contributed by atoms with Gasteiger partial charge in [0, 0.05) is 0 Å². The van der Waals surface area contributed by atoms with E-state index in [0.717, 1.165) is 31.8 Å². The van der Waals surface area contributed by atoms with Crippen molar-refractivity contribution in [3.8, 4) is 0 Å². The maximum atomic E-state index is 11.7. The van der Waals surface area contributed by atoms with Gasteiger partial charge in [0.1, 0.15) is 0 Å². The molecule has 2 rings (SSSR count). The van der Waals surface area contributed by atoms with Crippen LogP contribution in [-0.4, -0.2) is 33.0 Å². The smallest absolute Gasteiger partial charge is 0.150 e. The molecule has 19 heavy (non-hydrogen) atoms. The van der Waals surface area contributed by atoms with Gasteiger partial charge in [0.15, 0.2) is 9.84 Å². The van der Waals surface area contributed by atoms with E-state index in [0.29, 0.717) is 23.3 Å². The average Bonchev–Trinajstić information content (AvgIpc) is 2.97. The van der Waals surface area contributed by atoms with Crippen molar-refractivity contribution in [2.45, 2.75) is 51.9 Å². The highest BCUT2D eigenvalue weighted by atomic mass is 32.2. The zero-order valence-corrected chi connectivity index (χ0v) is 13.1. The van der Waals surface area contributed by atoms with Gasteiger partial charge in [-0.05, 0) is 50.1 Å². The van der Waals surface area contributed by atoms with E-state index in [2.05, 4.69) is 12.2 Å². The van der Waals surface area contributed by atoms with Crippen molar-refractivity contribution in [3.63, 3.8) is 0 Å². The van der Waals surface area contributed by atoms with Crippen LogP contribution in [0, 0.1) is 17.8 Å². The van der Waals surface area contributed by atoms with Crippen LogP contribution in [0.2, 0.25) is 0 Å². The molecule has 1 aliphatic carbocycles. The highest BCUT2D eigenvalue weighted by Crippen LogP contribution is 2.35. The molecular formula is C15H29NO2S. The van der Waals surface area contributed by atoms with Crippen LogP contribution in [0.4, 0.5) is 0 Å². The summed E-state index contributed by atoms with van der Waals surface area (Å²) in [6, 6.07) is 0. The molecule has 0 amide bonds. The topological polar surface area (TPSA) is 46.2 Å². The van der Waals surface area contributed by atoms with E-state index >= 15 is 0 Å². The molecule has 2 atom stereocenters. The zero-order chi connectivity index (χ0) is 13.7. The molecule has 0 aromatic carbocycles. The van der Waals surface area contributed by atoms with Crippen molar-refractivity contribution in [2.75, 3.05) is 24.6 Å². The van der Waals surface area contributed by atoms with Gasteiger partial charge in [0.2, 0.25) is 0 Å². The number of hydrogen-bond donors (Lipinski definition) is 1. The molecule has 0 spiro atoms. The van der Waals surface area contributed by atoms with Crippen LogP contribution in [0.5, 0.6) is 0 Å². The van der Waals surface area contributed by atoms with Crippen molar-refractivity contribution in [3.05, 3.63) is 0 Å². The van der Waals surface area contributed by atoms with Crippen molar-refractivity contribution in [2.24, 2.45) is 17.8 Å². The Morgan fingerprint density at radius 2 is 1.95 bits per heavy atom. The zero-order valence-electron chi connectivity index (χ0n) is 12.2. The Hall–Kier alpha value is -0.0900. The van der Waals surface area contributed by atoms with E-state index in [9.17, 15) is 8.42 Å². The molecule has 0 aromatic rings. The van der Waals surface area contributed by atoms with Gasteiger partial charge in [-0.25, -0.2) is 8.42 Å². The minimum Gasteiger partial charge on any atom is -0.316 e. The number of rotatable bonds is 7. The van der Waals surface area contributed by atoms with Gasteiger partial charge >= 0.3 is 0 Å². The third kappa shape index (κ3) is 4.75. The molecule has 1 saturated heterocycles. The van der Waals surface area contributed by atoms with Gasteiger partial charge in [0.05, 0.1) is 11.5 Å². The summed E-state index contributed by atoms with van der Waals surface area (Å²) >= 11 is 0. The van der Waals surface area contributed by atoms with Gasteiger partial charge in [-0.2, -0.15) is 0 Å². The number of sulfone groups is 1. The Morgan fingerprint density at radius 1 is 1.21 bits per heavy atom. The second kappa shape index (κ2) is 7.07. The van der Waals surface area contributed by atoms with Crippen LogP contribution in [-0.2, 0) is 9.84 Å². The predicted molar refractivity (Wildman–Crippen MR) is 80.0 cm³/mol. The van der Waals surface area contributed by atoms with Crippen molar-refractivity contribution >= 4 is 9.84 Å². The van der Waals surface area contributed by atoms with Crippen molar-refractivity contribution in [1.82, 2.24) is 5.32 Å². The molecule has 0 aromatic heterocycles. The van der Waals surface area contributed by atoms with E-state index in [-0.39, 0.29) is 0 Å². The first-order valence-electron chi connectivity index (χ1n) is 8.02. The second-order valence-corrected chi connectivity index (χ2v) is 8.74. The van der Waals surface area contributed by atoms with Crippen molar-refractivity contribution < 1.29 is 8.42 Å². The Morgan fingerprint density at radius 3 is 2.53 bits per heavy atom. The van der Waals surface area contributed by atoms with E-state index in [1.807, 2.05) is 0 Å². The van der Waals surface area contributed by atoms with Gasteiger partial charge in [-0.3, -0.25) is 0 Å². The Kier molecular flexibility index (Phi) is 5.70. The normalized spacial score (nSPS) is 28.8. The van der Waals surface area contributed by atoms with Crippen LogP contribution in [0.1, 0.15) is 51.9 Å². The summed E-state index contributed by atoms with van der Waals surface area (Å²) in [6.07, 6.45) is 8.78. The van der Waals surface area contributed by atoms with E-state index < -0.39 is 9.84 Å². The standard InChI is InChI=1S/C15H29NO2S/c1-2-8-16-11-15(10-13-5-3-4-6-13)14-7-9-19(17,18)12-14/h13-16H,2-12H2,1H3. The molecule has 112 valence electrons. The number of nitrogens with one attached hydrogen (secondary N) is 1. The summed E-state index contributed by atoms with van der Waals surface area (Å²) in [5.41, 5.74) is 0. The molecule has 1 heterocycles. The maximum Gasteiger partial charge on any atom is 0.150 e. The molecule has 1 aliphatic heterocycles. The lowest BCUT2D eigenvalue weighted by molar-refractivity contribution is 0.277. The largest absolute Gasteiger partial charge is 0.316 e. The fourth-order valence-electron chi connectivity index (χ4n) is 3.78. The Balaban J connectivity index is 1.89. The monoisotopic (exact) mass is 287 g/mol. The number of hydrogen-bond acceptors (Lipinski definition) is 3. The van der Waals surface area contributed by atoms with Crippen LogP contribution in [0.15, 0.2) is 0 Å². The van der Waals surface area contributed by atoms with E-state index in [1.165, 1.54) is 32.1 Å². The van der Waals surface area contributed by atoms with Crippen LogP contribution in [0.3, 0.4) is 0 Å². The predicted octanol–water partition coefficient (Wildman–Crippen LogP) is 2.62. The van der Waals surface area contributed by atoms with E-state index in [4.69, 9.17) is 0 Å². The first-order valence-corrected chi connectivity index (χ1v) is 9.84. The summed E-state index contributed by atoms with van der Waals surface area (Å²) in [4.78, 5) is 0. The summed E-state index contributed by atoms with van der Waals surface area (Å²) in [6.45, 7) is 4.25. The summed E-state index contributed by atoms with van der Waals surface area (Å²) in [7, 11) is -2.73. The fraction of sp³-hybridized carbons (Fsp3) is 1.00. The minimum absolute atomic E-state index is 0.412. The Labute approximate surface area is 118 Å². The van der Waals surface area contributed by atoms with Gasteiger partial charge in [-0.15, -0.1) is 0 Å². The lowest BCUT2D eigenvalue weighted by atomic mass is 9.83. The fourth-order valence-corrected chi connectivity index (χ4v) is 5.70. The molecule has 2 aliphatic rings. The molecule has 1 N–H and O–H groups in total. The molecule has 3 nitrogen and oxygen atoms in total. The molecule has 2 fully saturated rings. The third-order valence-corrected chi connectivity index (χ3v) is 6.67. The molecule has 2 unspecified atom stereocenters. The quantitative estimate of drug-likeness (QED) is 0.732. The lowest BCUT2D eigenvalue weighted by Gasteiger charge is -2.26. The second-order valence-electron chi connectivity index (χ2n) is 6.51. The molecule has 4 heteroatoms. The van der Waals surface area contributed by atoms with E-state index in [1.54, 1.807) is 0 Å². The highest BCUT2D eigenvalue weighted by molar-refractivity contribution is 7.91. The average molecular weight is 287 g/mol. The van der Waals surface area contributed by atoms with Crippen molar-refractivity contribution in [1.29, 1.82) is 0 Å². The summed E-state index contributed by atoms with van der Waals surface area (Å²) in [5, 5.41) is 3.52. The van der Waals surface area contributed by atoms with Gasteiger partial charge < -0.3 is 5.32 Å². The van der Waals surface area contributed by atoms with Crippen LogP contribution < -0.4 is 5.32 Å². The Bertz CT molecular complexity index is 360. The molecule has 0 radical (unpaired) electrons. The molecule has 1 saturated carbocycles. The molecule has 0 bridgehead atoms. The maximum absolute atomic E-state index is 11.7.